The first-order valence-electron chi connectivity index (χ1n) is 10.3. The van der Waals surface area contributed by atoms with E-state index in [2.05, 4.69) is 44.8 Å². The van der Waals surface area contributed by atoms with Gasteiger partial charge in [0.15, 0.2) is 0 Å². The number of hydrogen-bond donors (Lipinski definition) is 1. The molecule has 0 aliphatic heterocycles. The minimum Gasteiger partial charge on any atom is -0.506 e. The van der Waals surface area contributed by atoms with Crippen molar-refractivity contribution in [3.63, 3.8) is 0 Å². The minimum absolute atomic E-state index is 0.0823. The van der Waals surface area contributed by atoms with Crippen molar-refractivity contribution in [1.29, 1.82) is 0 Å². The topological polar surface area (TPSA) is 77.2 Å². The summed E-state index contributed by atoms with van der Waals surface area (Å²) in [6.45, 7) is 14.7. The Labute approximate surface area is 177 Å². The van der Waals surface area contributed by atoms with Crippen LogP contribution in [0.1, 0.15) is 70.8 Å². The lowest BCUT2D eigenvalue weighted by atomic mass is 9.72. The number of phenols is 1. The van der Waals surface area contributed by atoms with E-state index in [1.807, 2.05) is 26.0 Å². The van der Waals surface area contributed by atoms with E-state index in [1.54, 1.807) is 24.3 Å². The number of carbonyl (C=O) groups excluding carboxylic acids is 1. The van der Waals surface area contributed by atoms with Gasteiger partial charge < -0.3 is 9.84 Å². The predicted octanol–water partition coefficient (Wildman–Crippen LogP) is 5.41. The van der Waals surface area contributed by atoms with Gasteiger partial charge in [0, 0.05) is 0 Å². The zero-order valence-corrected chi connectivity index (χ0v) is 18.9. The second-order valence-electron chi connectivity index (χ2n) is 9.97. The van der Waals surface area contributed by atoms with Crippen molar-refractivity contribution in [2.75, 3.05) is 0 Å². The van der Waals surface area contributed by atoms with Crippen LogP contribution < -0.4 is 0 Å². The Morgan fingerprint density at radius 2 is 1.70 bits per heavy atom. The summed E-state index contributed by atoms with van der Waals surface area (Å²) in [7, 11) is 0. The number of aromatic nitrogens is 3. The number of fused-ring (bicyclic) bond motifs is 1. The SMILES string of the molecule is CC(C)OC(=O)c1ccc2nn(-c3cc(C(C)(C)CC(C)(C)C)ccc3O)nc2c1. The third kappa shape index (κ3) is 4.81. The van der Waals surface area contributed by atoms with E-state index < -0.39 is 5.97 Å². The fourth-order valence-corrected chi connectivity index (χ4v) is 3.96. The summed E-state index contributed by atoms with van der Waals surface area (Å²) in [6.07, 6.45) is 0.792. The van der Waals surface area contributed by atoms with Gasteiger partial charge in [-0.15, -0.1) is 15.0 Å². The van der Waals surface area contributed by atoms with Crippen molar-refractivity contribution < 1.29 is 14.6 Å². The van der Waals surface area contributed by atoms with Gasteiger partial charge in [-0.2, -0.15) is 0 Å². The minimum atomic E-state index is -0.393. The summed E-state index contributed by atoms with van der Waals surface area (Å²) in [5.41, 5.74) is 3.32. The number of carbonyl (C=O) groups is 1. The highest BCUT2D eigenvalue weighted by Crippen LogP contribution is 2.38. The van der Waals surface area contributed by atoms with Crippen LogP contribution in [0, 0.1) is 5.41 Å². The van der Waals surface area contributed by atoms with Gasteiger partial charge in [0.2, 0.25) is 0 Å². The van der Waals surface area contributed by atoms with Gasteiger partial charge in [-0.25, -0.2) is 4.79 Å². The molecule has 3 aromatic rings. The van der Waals surface area contributed by atoms with Gasteiger partial charge in [0.1, 0.15) is 22.5 Å². The molecule has 0 saturated carbocycles. The number of aromatic hydroxyl groups is 1. The van der Waals surface area contributed by atoms with Crippen LogP contribution >= 0.6 is 0 Å². The van der Waals surface area contributed by atoms with Gasteiger partial charge in [-0.05, 0) is 67.0 Å². The molecule has 0 spiro atoms. The van der Waals surface area contributed by atoms with Crippen molar-refractivity contribution in [2.45, 2.75) is 66.4 Å². The summed E-state index contributed by atoms with van der Waals surface area (Å²) in [5, 5.41) is 19.5. The lowest BCUT2D eigenvalue weighted by Gasteiger charge is -2.33. The summed E-state index contributed by atoms with van der Waals surface area (Å²) in [4.78, 5) is 13.6. The Kier molecular flexibility index (Phi) is 5.63. The lowest BCUT2D eigenvalue weighted by molar-refractivity contribution is 0.0378. The first-order chi connectivity index (χ1) is 13.9. The number of ether oxygens (including phenoxy) is 1. The average molecular weight is 410 g/mol. The van der Waals surface area contributed by atoms with Gasteiger partial charge in [-0.3, -0.25) is 0 Å². The Morgan fingerprint density at radius 1 is 1.03 bits per heavy atom. The molecular formula is C24H31N3O3. The molecule has 30 heavy (non-hydrogen) atoms. The average Bonchev–Trinajstić information content (AvgIpc) is 3.02. The molecule has 0 radical (unpaired) electrons. The van der Waals surface area contributed by atoms with Gasteiger partial charge in [0.25, 0.3) is 0 Å². The number of phenolic OH excluding ortho intramolecular Hbond substituents is 1. The molecule has 1 heterocycles. The first-order valence-corrected chi connectivity index (χ1v) is 10.3. The standard InChI is InChI=1S/C24H31N3O3/c1-15(2)30-22(29)16-8-10-18-19(12-16)26-27(25-18)20-13-17(9-11-21(20)28)24(6,7)14-23(3,4)5/h8-13,15,28H,14H2,1-7H3. The van der Waals surface area contributed by atoms with E-state index in [9.17, 15) is 9.90 Å². The molecule has 0 aliphatic carbocycles. The van der Waals surface area contributed by atoms with Gasteiger partial charge in [-0.1, -0.05) is 40.7 Å². The van der Waals surface area contributed by atoms with Crippen LogP contribution in [-0.2, 0) is 10.2 Å². The van der Waals surface area contributed by atoms with Crippen LogP contribution in [0.5, 0.6) is 5.75 Å². The fraction of sp³-hybridized carbons (Fsp3) is 0.458. The van der Waals surface area contributed by atoms with E-state index in [-0.39, 0.29) is 22.7 Å². The number of nitrogens with zero attached hydrogens (tertiary/aromatic N) is 3. The molecule has 160 valence electrons. The highest BCUT2D eigenvalue weighted by molar-refractivity contribution is 5.93. The molecule has 0 fully saturated rings. The van der Waals surface area contributed by atoms with Crippen molar-refractivity contribution in [3.05, 3.63) is 47.5 Å². The Bertz CT molecular complexity index is 1070. The van der Waals surface area contributed by atoms with Crippen LogP contribution in [0.2, 0.25) is 0 Å². The summed E-state index contributed by atoms with van der Waals surface area (Å²) < 4.78 is 5.25. The molecule has 3 rings (SSSR count). The zero-order chi connectivity index (χ0) is 22.3. The van der Waals surface area contributed by atoms with Crippen molar-refractivity contribution in [1.82, 2.24) is 15.0 Å². The molecule has 1 aromatic heterocycles. The normalized spacial score (nSPS) is 12.5. The molecule has 0 bridgehead atoms. The Balaban J connectivity index is 2.00. The number of benzene rings is 2. The number of hydrogen-bond acceptors (Lipinski definition) is 5. The molecule has 6 nitrogen and oxygen atoms in total. The molecule has 1 N–H and O–H groups in total. The van der Waals surface area contributed by atoms with Crippen LogP contribution in [0.15, 0.2) is 36.4 Å². The second kappa shape index (κ2) is 7.74. The Morgan fingerprint density at radius 3 is 2.33 bits per heavy atom. The van der Waals surface area contributed by atoms with Crippen molar-refractivity contribution >= 4 is 17.0 Å². The van der Waals surface area contributed by atoms with E-state index in [1.165, 1.54) is 4.80 Å². The fourth-order valence-electron chi connectivity index (χ4n) is 3.96. The van der Waals surface area contributed by atoms with E-state index in [0.717, 1.165) is 12.0 Å². The summed E-state index contributed by atoms with van der Waals surface area (Å²) >= 11 is 0. The van der Waals surface area contributed by atoms with Crippen molar-refractivity contribution in [3.8, 4) is 11.4 Å². The zero-order valence-electron chi connectivity index (χ0n) is 18.9. The first kappa shape index (κ1) is 21.8. The highest BCUT2D eigenvalue weighted by atomic mass is 16.5. The van der Waals surface area contributed by atoms with Gasteiger partial charge >= 0.3 is 5.97 Å². The molecule has 0 aliphatic rings. The van der Waals surface area contributed by atoms with Crippen LogP contribution in [0.3, 0.4) is 0 Å². The maximum Gasteiger partial charge on any atom is 0.338 e. The molecule has 0 saturated heterocycles. The molecular weight excluding hydrogens is 378 g/mol. The number of esters is 1. The van der Waals surface area contributed by atoms with Crippen LogP contribution in [-0.4, -0.2) is 32.2 Å². The monoisotopic (exact) mass is 409 g/mol. The third-order valence-corrected chi connectivity index (χ3v) is 4.90. The van der Waals surface area contributed by atoms with Crippen LogP contribution in [0.4, 0.5) is 0 Å². The Hall–Kier alpha value is -2.89. The third-order valence-electron chi connectivity index (χ3n) is 4.90. The van der Waals surface area contributed by atoms with E-state index in [0.29, 0.717) is 22.3 Å². The molecule has 2 aromatic carbocycles. The van der Waals surface area contributed by atoms with Crippen molar-refractivity contribution in [2.24, 2.45) is 5.41 Å². The molecule has 0 unspecified atom stereocenters. The quantitative estimate of drug-likeness (QED) is 0.571. The predicted molar refractivity (Wildman–Crippen MR) is 118 cm³/mol. The maximum atomic E-state index is 12.2. The smallest absolute Gasteiger partial charge is 0.338 e. The highest BCUT2D eigenvalue weighted by Gasteiger charge is 2.28. The molecule has 0 amide bonds. The molecule has 0 atom stereocenters. The van der Waals surface area contributed by atoms with Crippen LogP contribution in [0.25, 0.3) is 16.7 Å². The summed E-state index contributed by atoms with van der Waals surface area (Å²) in [5.74, 6) is -0.291. The summed E-state index contributed by atoms with van der Waals surface area (Å²) in [6, 6.07) is 10.7. The molecule has 6 heteroatoms. The lowest BCUT2D eigenvalue weighted by Crippen LogP contribution is -2.25. The largest absolute Gasteiger partial charge is 0.506 e. The maximum absolute atomic E-state index is 12.2. The van der Waals surface area contributed by atoms with E-state index >= 15 is 0 Å². The van der Waals surface area contributed by atoms with Gasteiger partial charge in [0.05, 0.1) is 11.7 Å². The number of rotatable bonds is 5. The second-order valence-corrected chi connectivity index (χ2v) is 9.97. The van der Waals surface area contributed by atoms with E-state index in [4.69, 9.17) is 4.74 Å².